The van der Waals surface area contributed by atoms with Crippen LogP contribution in [0.2, 0.25) is 0 Å². The van der Waals surface area contributed by atoms with E-state index in [2.05, 4.69) is 4.98 Å². The summed E-state index contributed by atoms with van der Waals surface area (Å²) in [7, 11) is 0. The van der Waals surface area contributed by atoms with Crippen LogP contribution in [-0.2, 0) is 4.74 Å². The quantitative estimate of drug-likeness (QED) is 0.805. The molecule has 6 heteroatoms. The topological polar surface area (TPSA) is 75.5 Å². The summed E-state index contributed by atoms with van der Waals surface area (Å²) in [6, 6.07) is 0. The molecule has 0 saturated carbocycles. The van der Waals surface area contributed by atoms with Crippen molar-refractivity contribution in [2.75, 3.05) is 0 Å². The Bertz CT molecular complexity index is 632. The average Bonchev–Trinajstić information content (AvgIpc) is 2.81. The van der Waals surface area contributed by atoms with Crippen LogP contribution in [0.3, 0.4) is 0 Å². The highest BCUT2D eigenvalue weighted by Gasteiger charge is 2.29. The molecule has 3 rings (SSSR count). The number of halogens is 1. The van der Waals surface area contributed by atoms with E-state index in [-0.39, 0.29) is 11.6 Å². The molecule has 0 radical (unpaired) electrons. The third kappa shape index (κ3) is 1.59. The Morgan fingerprint density at radius 3 is 2.94 bits per heavy atom. The number of ether oxygens (including phenoxy) is 1. The maximum Gasteiger partial charge on any atom is 0.419 e. The van der Waals surface area contributed by atoms with E-state index in [1.807, 2.05) is 0 Å². The van der Waals surface area contributed by atoms with Gasteiger partial charge in [0.2, 0.25) is 5.88 Å². The molecule has 17 heavy (non-hydrogen) atoms. The van der Waals surface area contributed by atoms with Crippen molar-refractivity contribution >= 4 is 17.2 Å². The van der Waals surface area contributed by atoms with Gasteiger partial charge in [-0.2, -0.15) is 0 Å². The van der Waals surface area contributed by atoms with Crippen LogP contribution < -0.4 is 5.76 Å². The van der Waals surface area contributed by atoms with Crippen molar-refractivity contribution < 1.29 is 14.3 Å². The number of oxazole rings is 1. The minimum atomic E-state index is -0.688. The standard InChI is InChI=1S/C11H8ClNO4/c12-6-3-5-1-2-7(8(5)16-4-6)9-10(14)13-11(15)17-9/h3-4,14H,1-2H2,(H,13,15). The number of hydrogen-bond donors (Lipinski definition) is 2. The lowest BCUT2D eigenvalue weighted by molar-refractivity contribution is 0.357. The van der Waals surface area contributed by atoms with Crippen molar-refractivity contribution in [3.63, 3.8) is 0 Å². The van der Waals surface area contributed by atoms with Crippen molar-refractivity contribution in [1.82, 2.24) is 4.98 Å². The van der Waals surface area contributed by atoms with E-state index < -0.39 is 5.76 Å². The summed E-state index contributed by atoms with van der Waals surface area (Å²) in [5.74, 6) is -0.220. The van der Waals surface area contributed by atoms with Gasteiger partial charge in [0, 0.05) is 5.57 Å². The summed E-state index contributed by atoms with van der Waals surface area (Å²) >= 11 is 5.82. The lowest BCUT2D eigenvalue weighted by Crippen LogP contribution is -1.95. The fourth-order valence-electron chi connectivity index (χ4n) is 2.02. The Balaban J connectivity index is 2.12. The van der Waals surface area contributed by atoms with Crippen LogP contribution in [0.4, 0.5) is 0 Å². The zero-order valence-electron chi connectivity index (χ0n) is 8.62. The molecular formula is C11H8ClNO4. The van der Waals surface area contributed by atoms with Crippen molar-refractivity contribution in [2.24, 2.45) is 0 Å². The summed E-state index contributed by atoms with van der Waals surface area (Å²) in [6.45, 7) is 0. The highest BCUT2D eigenvalue weighted by Crippen LogP contribution is 2.42. The van der Waals surface area contributed by atoms with E-state index >= 15 is 0 Å². The summed E-state index contributed by atoms with van der Waals surface area (Å²) < 4.78 is 10.3. The van der Waals surface area contributed by atoms with Crippen molar-refractivity contribution in [3.8, 4) is 5.88 Å². The van der Waals surface area contributed by atoms with Crippen LogP contribution >= 0.6 is 11.6 Å². The molecule has 0 spiro atoms. The summed E-state index contributed by atoms with van der Waals surface area (Å²) in [5.41, 5.74) is 1.61. The summed E-state index contributed by atoms with van der Waals surface area (Å²) in [5, 5.41) is 10.1. The maximum absolute atomic E-state index is 11.0. The highest BCUT2D eigenvalue weighted by molar-refractivity contribution is 6.31. The lowest BCUT2D eigenvalue weighted by atomic mass is 10.2. The van der Waals surface area contributed by atoms with Crippen molar-refractivity contribution in [2.45, 2.75) is 12.8 Å². The van der Waals surface area contributed by atoms with Gasteiger partial charge in [0.15, 0.2) is 5.76 Å². The van der Waals surface area contributed by atoms with Gasteiger partial charge in [-0.1, -0.05) is 11.6 Å². The van der Waals surface area contributed by atoms with E-state index in [1.54, 1.807) is 6.08 Å². The van der Waals surface area contributed by atoms with Crippen LogP contribution in [0, 0.1) is 0 Å². The second-order valence-electron chi connectivity index (χ2n) is 3.79. The molecule has 0 fully saturated rings. The van der Waals surface area contributed by atoms with Crippen LogP contribution in [0.5, 0.6) is 5.88 Å². The molecule has 2 N–H and O–H groups in total. The number of aromatic hydroxyl groups is 1. The van der Waals surface area contributed by atoms with Gasteiger partial charge in [0.25, 0.3) is 0 Å². The molecule has 1 aromatic rings. The fraction of sp³-hybridized carbons (Fsp3) is 0.182. The lowest BCUT2D eigenvalue weighted by Gasteiger charge is -2.10. The summed E-state index contributed by atoms with van der Waals surface area (Å²) in [6.07, 6.45) is 4.58. The molecule has 2 heterocycles. The second kappa shape index (κ2) is 3.56. The Hall–Kier alpha value is -1.88. The van der Waals surface area contributed by atoms with E-state index in [1.165, 1.54) is 6.26 Å². The molecule has 88 valence electrons. The summed E-state index contributed by atoms with van der Waals surface area (Å²) in [4.78, 5) is 13.2. The van der Waals surface area contributed by atoms with E-state index in [9.17, 15) is 9.90 Å². The largest absolute Gasteiger partial charge is 0.492 e. The fourth-order valence-corrected chi connectivity index (χ4v) is 2.20. The number of aromatic nitrogens is 1. The SMILES string of the molecule is O=c1[nH]c(O)c(C2=C3OC=C(Cl)C=C3CC2)o1. The van der Waals surface area contributed by atoms with Crippen LogP contribution in [0.1, 0.15) is 18.6 Å². The Morgan fingerprint density at radius 2 is 2.24 bits per heavy atom. The number of H-pyrrole nitrogens is 1. The third-order valence-electron chi connectivity index (χ3n) is 2.72. The van der Waals surface area contributed by atoms with Crippen LogP contribution in [-0.4, -0.2) is 10.1 Å². The number of fused-ring (bicyclic) bond motifs is 1. The molecule has 0 bridgehead atoms. The number of nitrogens with one attached hydrogen (secondary N) is 1. The van der Waals surface area contributed by atoms with Gasteiger partial charge in [-0.15, -0.1) is 0 Å². The predicted molar refractivity (Wildman–Crippen MR) is 60.3 cm³/mol. The van der Waals surface area contributed by atoms with E-state index in [4.69, 9.17) is 20.8 Å². The molecular weight excluding hydrogens is 246 g/mol. The van der Waals surface area contributed by atoms with Gasteiger partial charge >= 0.3 is 5.76 Å². The van der Waals surface area contributed by atoms with Crippen LogP contribution in [0.25, 0.3) is 5.57 Å². The zero-order chi connectivity index (χ0) is 12.0. The first-order chi connectivity index (χ1) is 8.15. The zero-order valence-corrected chi connectivity index (χ0v) is 9.37. The molecule has 0 saturated heterocycles. The maximum atomic E-state index is 11.0. The Labute approximate surface area is 101 Å². The molecule has 0 aromatic carbocycles. The van der Waals surface area contributed by atoms with E-state index in [0.29, 0.717) is 22.8 Å². The minimum Gasteiger partial charge on any atom is -0.492 e. The first-order valence-electron chi connectivity index (χ1n) is 5.04. The number of allylic oxidation sites excluding steroid dienone is 4. The van der Waals surface area contributed by atoms with Crippen molar-refractivity contribution in [1.29, 1.82) is 0 Å². The van der Waals surface area contributed by atoms with Gasteiger partial charge in [-0.3, -0.25) is 4.98 Å². The molecule has 0 atom stereocenters. The van der Waals surface area contributed by atoms with Gasteiger partial charge < -0.3 is 14.3 Å². The van der Waals surface area contributed by atoms with Gasteiger partial charge in [-0.25, -0.2) is 4.79 Å². The monoisotopic (exact) mass is 253 g/mol. The normalized spacial score (nSPS) is 18.6. The molecule has 1 aromatic heterocycles. The number of rotatable bonds is 1. The smallest absolute Gasteiger partial charge is 0.419 e. The van der Waals surface area contributed by atoms with Gasteiger partial charge in [0.1, 0.15) is 12.0 Å². The number of aromatic amines is 1. The van der Waals surface area contributed by atoms with Gasteiger partial charge in [0.05, 0.1) is 5.03 Å². The highest BCUT2D eigenvalue weighted by atomic mass is 35.5. The van der Waals surface area contributed by atoms with Crippen LogP contribution in [0.15, 0.2) is 37.9 Å². The predicted octanol–water partition coefficient (Wildman–Crippen LogP) is 2.22. The molecule has 5 nitrogen and oxygen atoms in total. The third-order valence-corrected chi connectivity index (χ3v) is 2.91. The molecule has 1 aliphatic carbocycles. The molecule has 0 unspecified atom stereocenters. The molecule has 1 aliphatic heterocycles. The van der Waals surface area contributed by atoms with E-state index in [0.717, 1.165) is 12.0 Å². The molecule has 0 amide bonds. The van der Waals surface area contributed by atoms with Crippen molar-refractivity contribution in [3.05, 3.63) is 45.0 Å². The average molecular weight is 254 g/mol. The second-order valence-corrected chi connectivity index (χ2v) is 4.23. The van der Waals surface area contributed by atoms with Gasteiger partial charge in [-0.05, 0) is 24.5 Å². The first-order valence-corrected chi connectivity index (χ1v) is 5.42. The molecule has 2 aliphatic rings. The minimum absolute atomic E-state index is 0.139. The Morgan fingerprint density at radius 1 is 1.41 bits per heavy atom. The first kappa shape index (κ1) is 10.3. The Kier molecular flexibility index (Phi) is 2.16. The number of hydrogen-bond acceptors (Lipinski definition) is 4.